The minimum atomic E-state index is 0. The molecule has 0 radical (unpaired) electrons. The molecular formula is C23H24Fe2O-8. The fraction of sp³-hybridized carbons (Fsp3) is 0.0870. The van der Waals surface area contributed by atoms with Crippen molar-refractivity contribution in [3.05, 3.63) is 121 Å². The van der Waals surface area contributed by atoms with E-state index in [4.69, 9.17) is 0 Å². The van der Waals surface area contributed by atoms with Crippen molar-refractivity contribution in [1.29, 1.82) is 0 Å². The summed E-state index contributed by atoms with van der Waals surface area (Å²) in [6.45, 7) is 1.60. The number of hydrogen-bond acceptors (Lipinski definition) is 1. The molecule has 0 amide bonds. The number of ketones is 1. The molecule has 0 spiro atoms. The first-order valence-corrected chi connectivity index (χ1v) is 7.99. The van der Waals surface area contributed by atoms with Gasteiger partial charge in [-0.2, -0.15) is 54.1 Å². The molecule has 0 fully saturated rings. The Hall–Kier alpha value is -1.89. The first-order chi connectivity index (χ1) is 11.8. The summed E-state index contributed by atoms with van der Waals surface area (Å²) in [6, 6.07) is 37.8. The molecule has 0 atom stereocenters. The van der Waals surface area contributed by atoms with Gasteiger partial charge in [0, 0.05) is 34.1 Å². The second kappa shape index (κ2) is 19.4. The van der Waals surface area contributed by atoms with E-state index >= 15 is 0 Å². The quantitative estimate of drug-likeness (QED) is 0.294. The zero-order valence-corrected chi connectivity index (χ0v) is 17.0. The van der Waals surface area contributed by atoms with Gasteiger partial charge in [0.2, 0.25) is 0 Å². The van der Waals surface area contributed by atoms with Crippen LogP contribution in [0.2, 0.25) is 0 Å². The van der Waals surface area contributed by atoms with Gasteiger partial charge in [0.05, 0.1) is 0 Å². The summed E-state index contributed by atoms with van der Waals surface area (Å²) in [7, 11) is 0. The van der Waals surface area contributed by atoms with Crippen molar-refractivity contribution in [3.8, 4) is 0 Å². The Morgan fingerprint density at radius 2 is 1.04 bits per heavy atom. The molecular weight excluding hydrogens is 404 g/mol. The van der Waals surface area contributed by atoms with Gasteiger partial charge in [0.15, 0.2) is 0 Å². The minimum absolute atomic E-state index is 0. The van der Waals surface area contributed by atoms with E-state index in [0.29, 0.717) is 6.42 Å². The summed E-state index contributed by atoms with van der Waals surface area (Å²) in [6.07, 6.45) is 0.576. The van der Waals surface area contributed by atoms with Gasteiger partial charge in [-0.15, -0.1) is 0 Å². The number of carbonyl (C=O) groups is 1. The second-order valence-electron chi connectivity index (χ2n) is 5.06. The van der Waals surface area contributed by atoms with Crippen LogP contribution in [0.3, 0.4) is 0 Å². The summed E-state index contributed by atoms with van der Waals surface area (Å²) in [5, 5.41) is 0. The van der Waals surface area contributed by atoms with E-state index in [0.717, 1.165) is 5.56 Å². The summed E-state index contributed by atoms with van der Waals surface area (Å²) in [5.74, 6) is 0.223. The van der Waals surface area contributed by atoms with E-state index in [-0.39, 0.29) is 39.9 Å². The van der Waals surface area contributed by atoms with Crippen LogP contribution in [-0.4, -0.2) is 5.78 Å². The van der Waals surface area contributed by atoms with Crippen LogP contribution >= 0.6 is 0 Å². The Bertz CT molecular complexity index is 547. The molecule has 4 aromatic carbocycles. The standard InChI is InChI=1S/C8H9O.3C5H5.2Fe/c1-7(9)6-8-4-2-3-5-8;3*1-2-4-5-3-1;;/h2-5H,6H2,1H3;3*1-5H;;/q-1;-5;2*-1;;. The molecule has 4 aromatic rings. The van der Waals surface area contributed by atoms with Gasteiger partial charge in [0.1, 0.15) is 5.78 Å². The van der Waals surface area contributed by atoms with E-state index in [2.05, 4.69) is 0 Å². The second-order valence-corrected chi connectivity index (χ2v) is 5.06. The fourth-order valence-electron chi connectivity index (χ4n) is 1.78. The van der Waals surface area contributed by atoms with Crippen LogP contribution in [0.15, 0.2) is 115 Å². The van der Waals surface area contributed by atoms with Crippen LogP contribution in [0.5, 0.6) is 0 Å². The fourth-order valence-corrected chi connectivity index (χ4v) is 1.78. The predicted molar refractivity (Wildman–Crippen MR) is 103 cm³/mol. The molecule has 0 bridgehead atoms. The average molecular weight is 428 g/mol. The van der Waals surface area contributed by atoms with Crippen molar-refractivity contribution in [2.45, 2.75) is 13.3 Å². The molecule has 0 N–H and O–H groups in total. The molecule has 0 unspecified atom stereocenters. The van der Waals surface area contributed by atoms with Crippen LogP contribution < -0.4 is 0 Å². The molecule has 0 aromatic heterocycles. The largest absolute Gasteiger partial charge is 0.748 e. The van der Waals surface area contributed by atoms with Gasteiger partial charge < -0.3 is 35.1 Å². The van der Waals surface area contributed by atoms with Crippen molar-refractivity contribution < 1.29 is 38.9 Å². The van der Waals surface area contributed by atoms with E-state index in [1.54, 1.807) is 6.92 Å². The first kappa shape index (κ1) is 26.3. The Labute approximate surface area is 178 Å². The number of Topliss-reactive ketones (excluding diaryl/α,β-unsaturated/α-hetero) is 1. The maximum atomic E-state index is 10.5. The topological polar surface area (TPSA) is 17.1 Å². The average Bonchev–Trinajstić information content (AvgIpc) is 3.42. The Kier molecular flexibility index (Phi) is 19.7. The number of hydrogen-bond donors (Lipinski definition) is 0. The molecule has 26 heavy (non-hydrogen) atoms. The third kappa shape index (κ3) is 16.9. The van der Waals surface area contributed by atoms with E-state index in [9.17, 15) is 4.79 Å². The Morgan fingerprint density at radius 3 is 1.27 bits per heavy atom. The number of rotatable bonds is 2. The van der Waals surface area contributed by atoms with Crippen molar-refractivity contribution in [2.24, 2.45) is 0 Å². The third-order valence-electron chi connectivity index (χ3n) is 2.85. The molecule has 146 valence electrons. The van der Waals surface area contributed by atoms with E-state index in [1.165, 1.54) is 0 Å². The van der Waals surface area contributed by atoms with Gasteiger partial charge in [0.25, 0.3) is 0 Å². The van der Waals surface area contributed by atoms with Crippen LogP contribution in [0.25, 0.3) is 0 Å². The Morgan fingerprint density at radius 1 is 0.692 bits per heavy atom. The molecule has 1 nitrogen and oxygen atoms in total. The van der Waals surface area contributed by atoms with Crippen molar-refractivity contribution in [1.82, 2.24) is 0 Å². The van der Waals surface area contributed by atoms with Crippen molar-refractivity contribution >= 4 is 5.78 Å². The molecule has 3 heteroatoms. The summed E-state index contributed by atoms with van der Waals surface area (Å²) >= 11 is 0. The molecule has 0 aliphatic rings. The maximum absolute atomic E-state index is 10.5. The van der Waals surface area contributed by atoms with Gasteiger partial charge in [-0.05, 0) is 13.3 Å². The SMILES string of the molecule is CC(=O)C[c-]1cccc1.[Fe].[Fe].[cH-]1[cH-][cH-][cH-][cH-]1.c1cc[cH-]c1.c1cc[cH-]c1. The van der Waals surface area contributed by atoms with Gasteiger partial charge in [-0.1, -0.05) is 0 Å². The maximum Gasteiger partial charge on any atom is 0.122 e. The monoisotopic (exact) mass is 428 g/mol. The molecule has 0 aliphatic heterocycles. The van der Waals surface area contributed by atoms with Crippen LogP contribution in [-0.2, 0) is 45.4 Å². The van der Waals surface area contributed by atoms with Crippen molar-refractivity contribution in [2.75, 3.05) is 0 Å². The number of carbonyl (C=O) groups excluding carboxylic acids is 1. The zero-order chi connectivity index (χ0) is 17.3. The molecule has 0 saturated heterocycles. The predicted octanol–water partition coefficient (Wildman–Crippen LogP) is 5.75. The molecule has 0 heterocycles. The Balaban J connectivity index is 0. The summed E-state index contributed by atoms with van der Waals surface area (Å²) in [5.41, 5.74) is 1.11. The molecule has 0 saturated carbocycles. The van der Waals surface area contributed by atoms with Crippen LogP contribution in [0.1, 0.15) is 12.5 Å². The smallest absolute Gasteiger partial charge is 0.122 e. The van der Waals surface area contributed by atoms with Crippen molar-refractivity contribution in [3.63, 3.8) is 0 Å². The van der Waals surface area contributed by atoms with E-state index in [1.807, 2.05) is 115 Å². The molecule has 0 aliphatic carbocycles. The van der Waals surface area contributed by atoms with Gasteiger partial charge in [-0.25, -0.2) is 36.4 Å². The minimum Gasteiger partial charge on any atom is -0.748 e. The zero-order valence-electron chi connectivity index (χ0n) is 14.8. The molecule has 4 rings (SSSR count). The summed E-state index contributed by atoms with van der Waals surface area (Å²) < 4.78 is 0. The normalized spacial score (nSPS) is 7.88. The third-order valence-corrected chi connectivity index (χ3v) is 2.85. The van der Waals surface area contributed by atoms with Gasteiger partial charge >= 0.3 is 0 Å². The first-order valence-electron chi connectivity index (χ1n) is 7.99. The van der Waals surface area contributed by atoms with Crippen LogP contribution in [0, 0.1) is 0 Å². The van der Waals surface area contributed by atoms with E-state index < -0.39 is 0 Å². The summed E-state index contributed by atoms with van der Waals surface area (Å²) in [4.78, 5) is 10.5. The van der Waals surface area contributed by atoms with Gasteiger partial charge in [-0.3, -0.25) is 0 Å². The van der Waals surface area contributed by atoms with Crippen LogP contribution in [0.4, 0.5) is 0 Å².